The molecule has 0 radical (unpaired) electrons. The number of benzene rings is 1. The third-order valence-corrected chi connectivity index (χ3v) is 2.90. The van der Waals surface area contributed by atoms with Crippen LogP contribution < -0.4 is 10.1 Å². The van der Waals surface area contributed by atoms with Crippen LogP contribution in [0.5, 0.6) is 5.75 Å². The van der Waals surface area contributed by atoms with Crippen LogP contribution in [0.2, 0.25) is 0 Å². The summed E-state index contributed by atoms with van der Waals surface area (Å²) in [6.45, 7) is 1.82. The smallest absolute Gasteiger partial charge is 0.406 e. The van der Waals surface area contributed by atoms with E-state index in [-0.39, 0.29) is 5.75 Å². The zero-order valence-corrected chi connectivity index (χ0v) is 9.26. The standard InChI is InChI=1S/C12H14F3NO/c13-12(14,15)17-11-3-1-2-10(8-11)9-4-6-16-7-5-9/h1-3,8-9,16H,4-7H2. The number of ether oxygens (including phenoxy) is 1. The Morgan fingerprint density at radius 2 is 1.88 bits per heavy atom. The number of nitrogens with one attached hydrogen (secondary N) is 1. The Hall–Kier alpha value is -1.23. The van der Waals surface area contributed by atoms with Crippen molar-refractivity contribution in [3.8, 4) is 5.75 Å². The predicted molar refractivity (Wildman–Crippen MR) is 58.0 cm³/mol. The summed E-state index contributed by atoms with van der Waals surface area (Å²) in [5.74, 6) is 0.196. The minimum atomic E-state index is -4.62. The van der Waals surface area contributed by atoms with Crippen LogP contribution in [0.1, 0.15) is 24.3 Å². The molecular formula is C12H14F3NO. The van der Waals surface area contributed by atoms with Crippen molar-refractivity contribution in [3.05, 3.63) is 29.8 Å². The second kappa shape index (κ2) is 4.96. The van der Waals surface area contributed by atoms with E-state index in [4.69, 9.17) is 0 Å². The number of alkyl halides is 3. The van der Waals surface area contributed by atoms with E-state index in [2.05, 4.69) is 10.1 Å². The molecule has 0 saturated carbocycles. The summed E-state index contributed by atoms with van der Waals surface area (Å²) < 4.78 is 40.2. The van der Waals surface area contributed by atoms with E-state index < -0.39 is 6.36 Å². The van der Waals surface area contributed by atoms with Gasteiger partial charge in [-0.3, -0.25) is 0 Å². The SMILES string of the molecule is FC(F)(F)Oc1cccc(C2CCNCC2)c1. The molecule has 0 bridgehead atoms. The molecule has 0 atom stereocenters. The van der Waals surface area contributed by atoms with Gasteiger partial charge in [0.15, 0.2) is 0 Å². The first-order valence-corrected chi connectivity index (χ1v) is 5.61. The highest BCUT2D eigenvalue weighted by molar-refractivity contribution is 5.31. The zero-order valence-electron chi connectivity index (χ0n) is 9.26. The minimum Gasteiger partial charge on any atom is -0.406 e. The first-order chi connectivity index (χ1) is 8.04. The molecule has 17 heavy (non-hydrogen) atoms. The highest BCUT2D eigenvalue weighted by atomic mass is 19.4. The quantitative estimate of drug-likeness (QED) is 0.864. The molecule has 1 aromatic carbocycles. The average Bonchev–Trinajstić information content (AvgIpc) is 2.28. The van der Waals surface area contributed by atoms with Crippen LogP contribution in [-0.2, 0) is 0 Å². The van der Waals surface area contributed by atoms with Crippen LogP contribution in [0.4, 0.5) is 13.2 Å². The molecule has 94 valence electrons. The largest absolute Gasteiger partial charge is 0.573 e. The molecule has 1 heterocycles. The molecule has 0 amide bonds. The maximum atomic E-state index is 12.1. The fraction of sp³-hybridized carbons (Fsp3) is 0.500. The molecule has 2 rings (SSSR count). The monoisotopic (exact) mass is 245 g/mol. The van der Waals surface area contributed by atoms with E-state index in [9.17, 15) is 13.2 Å². The van der Waals surface area contributed by atoms with E-state index in [1.165, 1.54) is 12.1 Å². The molecule has 2 nitrogen and oxygen atoms in total. The number of piperidine rings is 1. The molecule has 1 aliphatic rings. The fourth-order valence-electron chi connectivity index (χ4n) is 2.12. The zero-order chi connectivity index (χ0) is 12.3. The molecule has 1 fully saturated rings. The van der Waals surface area contributed by atoms with Crippen molar-refractivity contribution in [1.82, 2.24) is 5.32 Å². The highest BCUT2D eigenvalue weighted by Crippen LogP contribution is 2.30. The van der Waals surface area contributed by atoms with Crippen molar-refractivity contribution in [2.24, 2.45) is 0 Å². The van der Waals surface area contributed by atoms with Crippen molar-refractivity contribution < 1.29 is 17.9 Å². The molecular weight excluding hydrogens is 231 g/mol. The molecule has 1 N–H and O–H groups in total. The average molecular weight is 245 g/mol. The van der Waals surface area contributed by atoms with Crippen molar-refractivity contribution in [3.63, 3.8) is 0 Å². The molecule has 0 spiro atoms. The topological polar surface area (TPSA) is 21.3 Å². The van der Waals surface area contributed by atoms with Crippen LogP contribution in [0.3, 0.4) is 0 Å². The van der Waals surface area contributed by atoms with Crippen molar-refractivity contribution >= 4 is 0 Å². The van der Waals surface area contributed by atoms with Gasteiger partial charge in [0.05, 0.1) is 0 Å². The van der Waals surface area contributed by atoms with Crippen LogP contribution >= 0.6 is 0 Å². The maximum Gasteiger partial charge on any atom is 0.573 e. The van der Waals surface area contributed by atoms with E-state index in [1.54, 1.807) is 6.07 Å². The number of halogens is 3. The fourth-order valence-corrected chi connectivity index (χ4v) is 2.12. The maximum absolute atomic E-state index is 12.1. The van der Waals surface area contributed by atoms with Gasteiger partial charge in [0.25, 0.3) is 0 Å². The Morgan fingerprint density at radius 1 is 1.18 bits per heavy atom. The van der Waals surface area contributed by atoms with E-state index in [0.29, 0.717) is 5.92 Å². The molecule has 5 heteroatoms. The first-order valence-electron chi connectivity index (χ1n) is 5.61. The second-order valence-electron chi connectivity index (χ2n) is 4.14. The second-order valence-corrected chi connectivity index (χ2v) is 4.14. The number of hydrogen-bond acceptors (Lipinski definition) is 2. The van der Waals surface area contributed by atoms with E-state index in [1.807, 2.05) is 6.07 Å². The number of rotatable bonds is 2. The van der Waals surface area contributed by atoms with E-state index >= 15 is 0 Å². The molecule has 0 unspecified atom stereocenters. The summed E-state index contributed by atoms with van der Waals surface area (Å²) in [7, 11) is 0. The van der Waals surface area contributed by atoms with Crippen LogP contribution in [0.25, 0.3) is 0 Å². The lowest BCUT2D eigenvalue weighted by Gasteiger charge is -2.23. The normalized spacial score (nSPS) is 18.1. The third-order valence-electron chi connectivity index (χ3n) is 2.90. The summed E-state index contributed by atoms with van der Waals surface area (Å²) in [5, 5.41) is 3.23. The van der Waals surface area contributed by atoms with Crippen molar-refractivity contribution in [1.29, 1.82) is 0 Å². The first kappa shape index (κ1) is 12.2. The van der Waals surface area contributed by atoms with Crippen LogP contribution in [-0.4, -0.2) is 19.5 Å². The summed E-state index contributed by atoms with van der Waals surface area (Å²) >= 11 is 0. The number of hydrogen-bond donors (Lipinski definition) is 1. The molecule has 0 aliphatic carbocycles. The summed E-state index contributed by atoms with van der Waals surface area (Å²) in [6, 6.07) is 6.29. The Morgan fingerprint density at radius 3 is 2.53 bits per heavy atom. The van der Waals surface area contributed by atoms with E-state index in [0.717, 1.165) is 31.5 Å². The van der Waals surface area contributed by atoms with Gasteiger partial charge in [0.2, 0.25) is 0 Å². The predicted octanol–water partition coefficient (Wildman–Crippen LogP) is 3.05. The third kappa shape index (κ3) is 3.63. The molecule has 0 aromatic heterocycles. The van der Waals surface area contributed by atoms with Gasteiger partial charge in [-0.1, -0.05) is 12.1 Å². The van der Waals surface area contributed by atoms with Crippen LogP contribution in [0, 0.1) is 0 Å². The van der Waals surface area contributed by atoms with Gasteiger partial charge in [0, 0.05) is 0 Å². The van der Waals surface area contributed by atoms with Gasteiger partial charge in [0.1, 0.15) is 5.75 Å². The summed E-state index contributed by atoms with van der Waals surface area (Å²) in [6.07, 6.45) is -2.71. The Labute approximate surface area is 97.8 Å². The van der Waals surface area contributed by atoms with Gasteiger partial charge in [-0.15, -0.1) is 13.2 Å². The summed E-state index contributed by atoms with van der Waals surface area (Å²) in [4.78, 5) is 0. The summed E-state index contributed by atoms with van der Waals surface area (Å²) in [5.41, 5.74) is 0.924. The Bertz CT molecular complexity index is 372. The highest BCUT2D eigenvalue weighted by Gasteiger charge is 2.31. The lowest BCUT2D eigenvalue weighted by Crippen LogP contribution is -2.26. The van der Waals surface area contributed by atoms with Gasteiger partial charge in [-0.05, 0) is 49.5 Å². The van der Waals surface area contributed by atoms with Gasteiger partial charge in [-0.25, -0.2) is 0 Å². The van der Waals surface area contributed by atoms with Crippen molar-refractivity contribution in [2.75, 3.05) is 13.1 Å². The lowest BCUT2D eigenvalue weighted by molar-refractivity contribution is -0.274. The van der Waals surface area contributed by atoms with Gasteiger partial charge < -0.3 is 10.1 Å². The molecule has 1 saturated heterocycles. The van der Waals surface area contributed by atoms with Gasteiger partial charge >= 0.3 is 6.36 Å². The molecule has 1 aromatic rings. The molecule has 1 aliphatic heterocycles. The minimum absolute atomic E-state index is 0.131. The Balaban J connectivity index is 2.10. The Kier molecular flexibility index (Phi) is 3.57. The lowest BCUT2D eigenvalue weighted by atomic mass is 9.90. The van der Waals surface area contributed by atoms with Crippen LogP contribution in [0.15, 0.2) is 24.3 Å². The van der Waals surface area contributed by atoms with Crippen molar-refractivity contribution in [2.45, 2.75) is 25.1 Å². The van der Waals surface area contributed by atoms with Gasteiger partial charge in [-0.2, -0.15) is 0 Å².